The van der Waals surface area contributed by atoms with Crippen molar-refractivity contribution in [2.45, 2.75) is 6.61 Å². The zero-order valence-corrected chi connectivity index (χ0v) is 17.4. The first-order valence-electron chi connectivity index (χ1n) is 10.3. The van der Waals surface area contributed by atoms with Gasteiger partial charge in [-0.05, 0) is 29.8 Å². The van der Waals surface area contributed by atoms with Gasteiger partial charge < -0.3 is 19.7 Å². The quantitative estimate of drug-likeness (QED) is 0.442. The molecule has 0 atom stereocenters. The van der Waals surface area contributed by atoms with E-state index in [1.807, 2.05) is 35.2 Å². The monoisotopic (exact) mass is 433 g/mol. The summed E-state index contributed by atoms with van der Waals surface area (Å²) in [4.78, 5) is 25.7. The standard InChI is InChI=1S/C24H23N3O5/c28-24(19-7-4-8-21(15-19)32-17-18-5-2-1-3-6-18)25-22-10-9-20(27(29)30)16-23(22)26-11-13-31-14-12-26/h1-10,15-16H,11-14,17H2,(H,25,28). The number of rotatable bonds is 7. The minimum Gasteiger partial charge on any atom is -0.489 e. The molecule has 3 aromatic carbocycles. The molecule has 0 bridgehead atoms. The smallest absolute Gasteiger partial charge is 0.271 e. The van der Waals surface area contributed by atoms with E-state index >= 15 is 0 Å². The van der Waals surface area contributed by atoms with Crippen molar-refractivity contribution in [3.05, 3.63) is 94.0 Å². The molecule has 164 valence electrons. The summed E-state index contributed by atoms with van der Waals surface area (Å²) in [5.74, 6) is 0.261. The highest BCUT2D eigenvalue weighted by Gasteiger charge is 2.20. The van der Waals surface area contributed by atoms with Crippen LogP contribution in [-0.2, 0) is 11.3 Å². The molecule has 1 aliphatic rings. The first kappa shape index (κ1) is 21.3. The van der Waals surface area contributed by atoms with Crippen LogP contribution in [0.4, 0.5) is 17.1 Å². The number of hydrogen-bond donors (Lipinski definition) is 1. The summed E-state index contributed by atoms with van der Waals surface area (Å²) in [7, 11) is 0. The average Bonchev–Trinajstić information content (AvgIpc) is 2.84. The van der Waals surface area contributed by atoms with Crippen molar-refractivity contribution >= 4 is 23.0 Å². The van der Waals surface area contributed by atoms with Crippen LogP contribution in [0.15, 0.2) is 72.8 Å². The Hall–Kier alpha value is -3.91. The normalized spacial score (nSPS) is 13.4. The SMILES string of the molecule is O=C(Nc1ccc([N+](=O)[O-])cc1N1CCOCC1)c1cccc(OCc2ccccc2)c1. The molecule has 4 rings (SSSR count). The molecule has 1 fully saturated rings. The Kier molecular flexibility index (Phi) is 6.62. The van der Waals surface area contributed by atoms with Crippen molar-refractivity contribution in [1.82, 2.24) is 0 Å². The van der Waals surface area contributed by atoms with Crippen LogP contribution in [0.2, 0.25) is 0 Å². The second-order valence-corrected chi connectivity index (χ2v) is 7.31. The van der Waals surface area contributed by atoms with E-state index in [-0.39, 0.29) is 11.6 Å². The molecule has 0 saturated carbocycles. The predicted molar refractivity (Wildman–Crippen MR) is 121 cm³/mol. The summed E-state index contributed by atoms with van der Waals surface area (Å²) >= 11 is 0. The van der Waals surface area contributed by atoms with Crippen LogP contribution in [0.5, 0.6) is 5.75 Å². The van der Waals surface area contributed by atoms with Crippen LogP contribution in [-0.4, -0.2) is 37.1 Å². The molecule has 1 amide bonds. The molecular formula is C24H23N3O5. The summed E-state index contributed by atoms with van der Waals surface area (Å²) in [6.45, 7) is 2.63. The molecule has 8 heteroatoms. The van der Waals surface area contributed by atoms with Gasteiger partial charge in [0.15, 0.2) is 0 Å². The fourth-order valence-electron chi connectivity index (χ4n) is 3.47. The van der Waals surface area contributed by atoms with Gasteiger partial charge in [-0.25, -0.2) is 0 Å². The number of nitro groups is 1. The van der Waals surface area contributed by atoms with E-state index in [2.05, 4.69) is 5.32 Å². The average molecular weight is 433 g/mol. The molecule has 1 saturated heterocycles. The van der Waals surface area contributed by atoms with E-state index in [9.17, 15) is 14.9 Å². The summed E-state index contributed by atoms with van der Waals surface area (Å²) in [6, 6.07) is 21.1. The highest BCUT2D eigenvalue weighted by molar-refractivity contribution is 6.06. The molecule has 3 aromatic rings. The lowest BCUT2D eigenvalue weighted by atomic mass is 10.1. The fourth-order valence-corrected chi connectivity index (χ4v) is 3.47. The first-order chi connectivity index (χ1) is 15.6. The van der Waals surface area contributed by atoms with Crippen molar-refractivity contribution in [2.75, 3.05) is 36.5 Å². The predicted octanol–water partition coefficient (Wildman–Crippen LogP) is 4.26. The minimum atomic E-state index is -0.441. The van der Waals surface area contributed by atoms with Crippen LogP contribution < -0.4 is 15.0 Å². The van der Waals surface area contributed by atoms with Gasteiger partial charge in [0, 0.05) is 30.8 Å². The molecule has 1 heterocycles. The number of non-ortho nitro benzene ring substituents is 1. The lowest BCUT2D eigenvalue weighted by molar-refractivity contribution is -0.384. The Morgan fingerprint density at radius 2 is 1.81 bits per heavy atom. The number of carbonyl (C=O) groups is 1. The second-order valence-electron chi connectivity index (χ2n) is 7.31. The van der Waals surface area contributed by atoms with E-state index in [1.165, 1.54) is 12.1 Å². The number of morpholine rings is 1. The lowest BCUT2D eigenvalue weighted by Gasteiger charge is -2.30. The largest absolute Gasteiger partial charge is 0.489 e. The molecule has 1 aliphatic heterocycles. The van der Waals surface area contributed by atoms with Crippen LogP contribution in [0.1, 0.15) is 15.9 Å². The van der Waals surface area contributed by atoms with Crippen molar-refractivity contribution in [3.63, 3.8) is 0 Å². The molecular weight excluding hydrogens is 410 g/mol. The number of amides is 1. The third-order valence-corrected chi connectivity index (χ3v) is 5.14. The summed E-state index contributed by atoms with van der Waals surface area (Å²) in [5.41, 5.74) is 2.55. The van der Waals surface area contributed by atoms with Crippen LogP contribution in [0, 0.1) is 10.1 Å². The Morgan fingerprint density at radius 3 is 2.56 bits per heavy atom. The Labute approximate surface area is 185 Å². The molecule has 1 N–H and O–H groups in total. The Morgan fingerprint density at radius 1 is 1.03 bits per heavy atom. The van der Waals surface area contributed by atoms with E-state index in [0.717, 1.165) is 5.56 Å². The molecule has 32 heavy (non-hydrogen) atoms. The van der Waals surface area contributed by atoms with E-state index in [0.29, 0.717) is 55.6 Å². The van der Waals surface area contributed by atoms with Gasteiger partial charge in [0.2, 0.25) is 0 Å². The van der Waals surface area contributed by atoms with Gasteiger partial charge in [-0.3, -0.25) is 14.9 Å². The number of nitro benzene ring substituents is 1. The Bertz CT molecular complexity index is 1100. The number of hydrogen-bond acceptors (Lipinski definition) is 6. The molecule has 0 spiro atoms. The van der Waals surface area contributed by atoms with Gasteiger partial charge in [0.05, 0.1) is 29.5 Å². The number of nitrogens with one attached hydrogen (secondary N) is 1. The number of carbonyl (C=O) groups excluding carboxylic acids is 1. The van der Waals surface area contributed by atoms with Crippen molar-refractivity contribution in [1.29, 1.82) is 0 Å². The maximum absolute atomic E-state index is 13.0. The van der Waals surface area contributed by atoms with Gasteiger partial charge >= 0.3 is 0 Å². The number of benzene rings is 3. The minimum absolute atomic E-state index is 0.0270. The number of nitrogens with zero attached hydrogens (tertiary/aromatic N) is 2. The Balaban J connectivity index is 1.51. The number of ether oxygens (including phenoxy) is 2. The number of anilines is 2. The van der Waals surface area contributed by atoms with Crippen LogP contribution in [0.25, 0.3) is 0 Å². The van der Waals surface area contributed by atoms with Crippen LogP contribution >= 0.6 is 0 Å². The van der Waals surface area contributed by atoms with Gasteiger partial charge in [-0.1, -0.05) is 36.4 Å². The maximum atomic E-state index is 13.0. The third kappa shape index (κ3) is 5.22. The molecule has 0 aliphatic carbocycles. The topological polar surface area (TPSA) is 93.9 Å². The zero-order chi connectivity index (χ0) is 22.3. The first-order valence-corrected chi connectivity index (χ1v) is 10.3. The van der Waals surface area contributed by atoms with E-state index in [4.69, 9.17) is 9.47 Å². The van der Waals surface area contributed by atoms with Gasteiger partial charge in [0.1, 0.15) is 12.4 Å². The summed E-state index contributed by atoms with van der Waals surface area (Å²) in [6.07, 6.45) is 0. The maximum Gasteiger partial charge on any atom is 0.271 e. The second kappa shape index (κ2) is 9.93. The van der Waals surface area contributed by atoms with Crippen molar-refractivity contribution in [3.8, 4) is 5.75 Å². The van der Waals surface area contributed by atoms with Gasteiger partial charge in [0.25, 0.3) is 11.6 Å². The van der Waals surface area contributed by atoms with Gasteiger partial charge in [-0.15, -0.1) is 0 Å². The zero-order valence-electron chi connectivity index (χ0n) is 17.4. The molecule has 8 nitrogen and oxygen atoms in total. The van der Waals surface area contributed by atoms with E-state index < -0.39 is 4.92 Å². The van der Waals surface area contributed by atoms with Gasteiger partial charge in [-0.2, -0.15) is 0 Å². The van der Waals surface area contributed by atoms with Crippen molar-refractivity contribution in [2.24, 2.45) is 0 Å². The highest BCUT2D eigenvalue weighted by Crippen LogP contribution is 2.31. The third-order valence-electron chi connectivity index (χ3n) is 5.14. The summed E-state index contributed by atoms with van der Waals surface area (Å²) < 4.78 is 11.2. The fraction of sp³-hybridized carbons (Fsp3) is 0.208. The lowest BCUT2D eigenvalue weighted by Crippen LogP contribution is -2.36. The molecule has 0 unspecified atom stereocenters. The molecule has 0 aromatic heterocycles. The summed E-state index contributed by atoms with van der Waals surface area (Å²) in [5, 5.41) is 14.1. The molecule has 0 radical (unpaired) electrons. The van der Waals surface area contributed by atoms with Crippen molar-refractivity contribution < 1.29 is 19.2 Å². The highest BCUT2D eigenvalue weighted by atomic mass is 16.6. The van der Waals surface area contributed by atoms with Crippen LogP contribution in [0.3, 0.4) is 0 Å². The van der Waals surface area contributed by atoms with E-state index in [1.54, 1.807) is 30.3 Å².